The molecule has 0 saturated heterocycles. The molecule has 7 nitrogen and oxygen atoms in total. The lowest BCUT2D eigenvalue weighted by atomic mass is 10.0. The van der Waals surface area contributed by atoms with Gasteiger partial charge in [0.05, 0.1) is 0 Å². The van der Waals surface area contributed by atoms with Crippen LogP contribution in [0.4, 0.5) is 28.8 Å². The van der Waals surface area contributed by atoms with Crippen molar-refractivity contribution < 1.29 is 4.79 Å². The van der Waals surface area contributed by atoms with Crippen LogP contribution in [0.15, 0.2) is 91.1 Å². The smallest absolute Gasteiger partial charge is 0.256 e. The van der Waals surface area contributed by atoms with E-state index in [1.54, 1.807) is 6.20 Å². The molecule has 0 fully saturated rings. The van der Waals surface area contributed by atoms with E-state index < -0.39 is 0 Å². The molecule has 3 aromatic carbocycles. The van der Waals surface area contributed by atoms with E-state index in [0.717, 1.165) is 27.8 Å². The second-order valence-electron chi connectivity index (χ2n) is 8.21. The normalized spacial score (nSPS) is 10.7. The molecule has 0 aliphatic rings. The number of aryl methyl sites for hydroxylation is 2. The molecule has 0 atom stereocenters. The Morgan fingerprint density at radius 3 is 2.23 bits per heavy atom. The number of hydrogen-bond acceptors (Lipinski definition) is 6. The van der Waals surface area contributed by atoms with Crippen LogP contribution in [0.25, 0.3) is 10.8 Å². The second-order valence-corrected chi connectivity index (χ2v) is 8.21. The van der Waals surface area contributed by atoms with Crippen LogP contribution >= 0.6 is 0 Å². The van der Waals surface area contributed by atoms with Crippen LogP contribution in [0.2, 0.25) is 0 Å². The fourth-order valence-electron chi connectivity index (χ4n) is 3.84. The third-order valence-electron chi connectivity index (χ3n) is 5.46. The maximum absolute atomic E-state index is 12.9. The number of pyridine rings is 1. The summed E-state index contributed by atoms with van der Waals surface area (Å²) in [6.45, 7) is 3.85. The monoisotopic (exact) mass is 460 g/mol. The predicted octanol–water partition coefficient (Wildman–Crippen LogP) is 6.38. The molecule has 5 rings (SSSR count). The molecule has 0 radical (unpaired) electrons. The minimum absolute atomic E-state index is 0.144. The zero-order valence-corrected chi connectivity index (χ0v) is 19.4. The van der Waals surface area contributed by atoms with Crippen LogP contribution in [0, 0.1) is 13.8 Å². The molecule has 0 unspecified atom stereocenters. The Bertz CT molecular complexity index is 1510. The van der Waals surface area contributed by atoms with E-state index in [1.807, 2.05) is 98.8 Å². The molecule has 3 N–H and O–H groups in total. The topological polar surface area (TPSA) is 91.8 Å². The van der Waals surface area contributed by atoms with E-state index in [-0.39, 0.29) is 5.91 Å². The first kappa shape index (κ1) is 22.0. The Hall–Kier alpha value is -4.78. The van der Waals surface area contributed by atoms with Gasteiger partial charge in [-0.3, -0.25) is 4.79 Å². The molecule has 7 heteroatoms. The van der Waals surface area contributed by atoms with Gasteiger partial charge in [-0.2, -0.15) is 0 Å². The predicted molar refractivity (Wildman–Crippen MR) is 141 cm³/mol. The van der Waals surface area contributed by atoms with E-state index in [2.05, 4.69) is 30.9 Å². The molecule has 2 heterocycles. The summed E-state index contributed by atoms with van der Waals surface area (Å²) in [5, 5.41) is 11.5. The van der Waals surface area contributed by atoms with Crippen molar-refractivity contribution in [1.29, 1.82) is 0 Å². The third kappa shape index (κ3) is 5.25. The number of amides is 1. The SMILES string of the molecule is Cc1ccnc(Nc2cc(Nc3ccc(NC(=O)c4cccc5ccccc45)cc3)nc(C)n2)c1. The Labute approximate surface area is 203 Å². The van der Waals surface area contributed by atoms with Crippen LogP contribution in [0.3, 0.4) is 0 Å². The average molecular weight is 461 g/mol. The van der Waals surface area contributed by atoms with Gasteiger partial charge in [-0.05, 0) is 72.6 Å². The summed E-state index contributed by atoms with van der Waals surface area (Å²) in [6.07, 6.45) is 1.76. The molecule has 172 valence electrons. The highest BCUT2D eigenvalue weighted by atomic mass is 16.1. The zero-order valence-electron chi connectivity index (χ0n) is 19.4. The number of hydrogen-bond donors (Lipinski definition) is 3. The summed E-state index contributed by atoms with van der Waals surface area (Å²) < 4.78 is 0. The Kier molecular flexibility index (Phi) is 6.05. The maximum Gasteiger partial charge on any atom is 0.256 e. The number of aromatic nitrogens is 3. The number of anilines is 5. The lowest BCUT2D eigenvalue weighted by Gasteiger charge is -2.11. The minimum Gasteiger partial charge on any atom is -0.340 e. The standard InChI is InChI=1S/C28H24N6O/c1-18-14-15-29-25(16-18)34-27-17-26(30-19(2)31-27)32-21-10-12-22(13-11-21)33-28(35)24-9-5-7-20-6-3-4-8-23(20)24/h3-17H,1-2H3,(H,33,35)(H2,29,30,31,32,34). The summed E-state index contributed by atoms with van der Waals surface area (Å²) in [5.74, 6) is 2.51. The first-order valence-electron chi connectivity index (χ1n) is 11.2. The molecule has 0 aliphatic heterocycles. The van der Waals surface area contributed by atoms with Crippen molar-refractivity contribution in [2.45, 2.75) is 13.8 Å². The van der Waals surface area contributed by atoms with Gasteiger partial charge in [0.15, 0.2) is 0 Å². The van der Waals surface area contributed by atoms with Crippen molar-refractivity contribution in [3.8, 4) is 0 Å². The van der Waals surface area contributed by atoms with Gasteiger partial charge < -0.3 is 16.0 Å². The van der Waals surface area contributed by atoms with Crippen LogP contribution < -0.4 is 16.0 Å². The fourth-order valence-corrected chi connectivity index (χ4v) is 3.84. The second kappa shape index (κ2) is 9.61. The fraction of sp³-hybridized carbons (Fsp3) is 0.0714. The molecule has 0 spiro atoms. The third-order valence-corrected chi connectivity index (χ3v) is 5.46. The van der Waals surface area contributed by atoms with Crippen molar-refractivity contribution in [1.82, 2.24) is 15.0 Å². The van der Waals surface area contributed by atoms with Crippen LogP contribution in [-0.4, -0.2) is 20.9 Å². The van der Waals surface area contributed by atoms with Gasteiger partial charge in [-0.25, -0.2) is 15.0 Å². The van der Waals surface area contributed by atoms with Gasteiger partial charge in [-0.15, -0.1) is 0 Å². The molecular formula is C28H24N6O. The first-order chi connectivity index (χ1) is 17.0. The number of benzene rings is 3. The molecule has 35 heavy (non-hydrogen) atoms. The molecular weight excluding hydrogens is 436 g/mol. The number of rotatable bonds is 6. The zero-order chi connectivity index (χ0) is 24.2. The van der Waals surface area contributed by atoms with E-state index in [1.165, 1.54) is 0 Å². The van der Waals surface area contributed by atoms with Crippen LogP contribution in [0.1, 0.15) is 21.7 Å². The highest BCUT2D eigenvalue weighted by Gasteiger charge is 2.10. The quantitative estimate of drug-likeness (QED) is 0.272. The molecule has 0 saturated carbocycles. The number of carbonyl (C=O) groups excluding carboxylic acids is 1. The summed E-state index contributed by atoms with van der Waals surface area (Å²) in [7, 11) is 0. The van der Waals surface area contributed by atoms with Gasteiger partial charge in [0, 0.05) is 29.2 Å². The van der Waals surface area contributed by atoms with Gasteiger partial charge in [0.1, 0.15) is 23.3 Å². The average Bonchev–Trinajstić information content (AvgIpc) is 2.84. The molecule has 0 aliphatic carbocycles. The summed E-state index contributed by atoms with van der Waals surface area (Å²) in [4.78, 5) is 26.1. The number of fused-ring (bicyclic) bond motifs is 1. The number of nitrogens with one attached hydrogen (secondary N) is 3. The maximum atomic E-state index is 12.9. The first-order valence-corrected chi connectivity index (χ1v) is 11.2. The van der Waals surface area contributed by atoms with Crippen LogP contribution in [0.5, 0.6) is 0 Å². The Morgan fingerprint density at radius 2 is 1.43 bits per heavy atom. The molecule has 0 bridgehead atoms. The van der Waals surface area contributed by atoms with Crippen molar-refractivity contribution >= 4 is 45.5 Å². The molecule has 5 aromatic rings. The minimum atomic E-state index is -0.144. The Balaban J connectivity index is 1.29. The molecule has 1 amide bonds. The van der Waals surface area contributed by atoms with Crippen molar-refractivity contribution in [2.24, 2.45) is 0 Å². The lowest BCUT2D eigenvalue weighted by molar-refractivity contribution is 0.102. The largest absolute Gasteiger partial charge is 0.340 e. The summed E-state index contributed by atoms with van der Waals surface area (Å²) in [6, 6.07) is 26.8. The van der Waals surface area contributed by atoms with Crippen molar-refractivity contribution in [2.75, 3.05) is 16.0 Å². The van der Waals surface area contributed by atoms with E-state index >= 15 is 0 Å². The number of carbonyl (C=O) groups is 1. The highest BCUT2D eigenvalue weighted by molar-refractivity contribution is 6.12. The molecule has 2 aromatic heterocycles. The van der Waals surface area contributed by atoms with E-state index in [9.17, 15) is 4.79 Å². The summed E-state index contributed by atoms with van der Waals surface area (Å²) in [5.41, 5.74) is 3.30. The van der Waals surface area contributed by atoms with E-state index in [0.29, 0.717) is 28.7 Å². The van der Waals surface area contributed by atoms with Gasteiger partial charge in [-0.1, -0.05) is 36.4 Å². The van der Waals surface area contributed by atoms with Gasteiger partial charge in [0.2, 0.25) is 0 Å². The van der Waals surface area contributed by atoms with Crippen molar-refractivity contribution in [3.63, 3.8) is 0 Å². The van der Waals surface area contributed by atoms with Crippen molar-refractivity contribution in [3.05, 3.63) is 108 Å². The van der Waals surface area contributed by atoms with E-state index in [4.69, 9.17) is 0 Å². The van der Waals surface area contributed by atoms with Crippen LogP contribution in [-0.2, 0) is 0 Å². The highest BCUT2D eigenvalue weighted by Crippen LogP contribution is 2.23. The lowest BCUT2D eigenvalue weighted by Crippen LogP contribution is -2.12. The van der Waals surface area contributed by atoms with Gasteiger partial charge >= 0.3 is 0 Å². The summed E-state index contributed by atoms with van der Waals surface area (Å²) >= 11 is 0. The Morgan fingerprint density at radius 1 is 0.714 bits per heavy atom. The number of nitrogens with zero attached hydrogens (tertiary/aromatic N) is 3. The van der Waals surface area contributed by atoms with Gasteiger partial charge in [0.25, 0.3) is 5.91 Å².